The summed E-state index contributed by atoms with van der Waals surface area (Å²) in [6.45, 7) is 9.57. The predicted octanol–water partition coefficient (Wildman–Crippen LogP) is 6.25. The Labute approximate surface area is 206 Å². The number of fused-ring (bicyclic) bond motifs is 1. The number of aromatic amines is 2. The zero-order valence-corrected chi connectivity index (χ0v) is 20.3. The average Bonchev–Trinajstić information content (AvgIpc) is 3.59. The Morgan fingerprint density at radius 1 is 1.20 bits per heavy atom. The summed E-state index contributed by atoms with van der Waals surface area (Å²) in [6.07, 6.45) is 7.31. The Morgan fingerprint density at radius 3 is 2.86 bits per heavy atom. The highest BCUT2D eigenvalue weighted by Gasteiger charge is 2.18. The number of allylic oxidation sites excluding steroid dienone is 2. The zero-order valence-electron chi connectivity index (χ0n) is 19.5. The third-order valence-electron chi connectivity index (χ3n) is 5.76. The van der Waals surface area contributed by atoms with Gasteiger partial charge < -0.3 is 10.3 Å². The molecule has 6 nitrogen and oxygen atoms in total. The van der Waals surface area contributed by atoms with Crippen LogP contribution in [0.1, 0.15) is 28.6 Å². The van der Waals surface area contributed by atoms with E-state index >= 15 is 0 Å². The molecule has 5 aromatic rings. The fourth-order valence-corrected chi connectivity index (χ4v) is 4.86. The van der Waals surface area contributed by atoms with E-state index in [9.17, 15) is 4.39 Å². The maximum absolute atomic E-state index is 13.7. The quantitative estimate of drug-likeness (QED) is 0.227. The summed E-state index contributed by atoms with van der Waals surface area (Å²) in [6, 6.07) is 11.4. The van der Waals surface area contributed by atoms with E-state index in [-0.39, 0.29) is 5.13 Å². The van der Waals surface area contributed by atoms with Gasteiger partial charge in [-0.15, -0.1) is 11.3 Å². The number of halogens is 1. The van der Waals surface area contributed by atoms with Crippen molar-refractivity contribution in [1.29, 1.82) is 0 Å². The van der Waals surface area contributed by atoms with Crippen LogP contribution in [0.5, 0.6) is 0 Å². The molecule has 0 aromatic carbocycles. The molecule has 0 spiro atoms. The fraction of sp³-hybridized carbons (Fsp3) is 0.148. The number of hydrogen-bond donors (Lipinski definition) is 3. The highest BCUT2D eigenvalue weighted by molar-refractivity contribution is 7.11. The van der Waals surface area contributed by atoms with Crippen molar-refractivity contribution in [3.8, 4) is 22.6 Å². The van der Waals surface area contributed by atoms with Crippen LogP contribution >= 0.6 is 11.3 Å². The highest BCUT2D eigenvalue weighted by Crippen LogP contribution is 2.35. The van der Waals surface area contributed by atoms with Crippen molar-refractivity contribution >= 4 is 27.9 Å². The van der Waals surface area contributed by atoms with E-state index in [0.717, 1.165) is 85.4 Å². The largest absolute Gasteiger partial charge is 0.357 e. The maximum Gasteiger partial charge on any atom is 0.176 e. The second-order valence-corrected chi connectivity index (χ2v) is 9.20. The first-order valence-corrected chi connectivity index (χ1v) is 12.2. The number of pyridine rings is 2. The molecular weight excluding hydrogens is 459 g/mol. The van der Waals surface area contributed by atoms with Gasteiger partial charge in [-0.25, -0.2) is 4.98 Å². The number of rotatable bonds is 8. The number of aryl methyl sites for hydroxylation is 1. The lowest BCUT2D eigenvalue weighted by molar-refractivity contribution is 0.657. The van der Waals surface area contributed by atoms with Crippen molar-refractivity contribution in [1.82, 2.24) is 30.5 Å². The predicted molar refractivity (Wildman–Crippen MR) is 141 cm³/mol. The van der Waals surface area contributed by atoms with Gasteiger partial charge in [0.05, 0.1) is 16.9 Å². The van der Waals surface area contributed by atoms with Crippen LogP contribution < -0.4 is 5.32 Å². The Bertz CT molecular complexity index is 1540. The molecule has 0 saturated heterocycles. The Balaban J connectivity index is 1.55. The molecule has 0 aliphatic carbocycles. The topological polar surface area (TPSA) is 82.3 Å². The van der Waals surface area contributed by atoms with Gasteiger partial charge in [-0.1, -0.05) is 25.7 Å². The lowest BCUT2D eigenvalue weighted by Gasteiger charge is -2.05. The maximum atomic E-state index is 13.7. The minimum absolute atomic E-state index is 0.220. The van der Waals surface area contributed by atoms with E-state index in [1.54, 1.807) is 12.1 Å². The number of nitrogens with one attached hydrogen (secondary N) is 3. The molecule has 0 aliphatic rings. The van der Waals surface area contributed by atoms with Crippen molar-refractivity contribution in [3.05, 3.63) is 94.4 Å². The van der Waals surface area contributed by atoms with E-state index in [2.05, 4.69) is 45.1 Å². The van der Waals surface area contributed by atoms with E-state index in [4.69, 9.17) is 4.98 Å². The highest BCUT2D eigenvalue weighted by atomic mass is 32.1. The van der Waals surface area contributed by atoms with Gasteiger partial charge in [0.2, 0.25) is 0 Å². The van der Waals surface area contributed by atoms with Crippen LogP contribution in [0.3, 0.4) is 0 Å². The molecule has 3 N–H and O–H groups in total. The molecule has 176 valence electrons. The molecule has 0 bridgehead atoms. The normalized spacial score (nSPS) is 11.9. The van der Waals surface area contributed by atoms with Crippen LogP contribution in [0.15, 0.2) is 67.5 Å². The van der Waals surface area contributed by atoms with Gasteiger partial charge in [0.15, 0.2) is 5.13 Å². The molecular formula is C27H25FN6S. The van der Waals surface area contributed by atoms with Gasteiger partial charge >= 0.3 is 0 Å². The first-order valence-electron chi connectivity index (χ1n) is 11.4. The van der Waals surface area contributed by atoms with Crippen LogP contribution in [0.25, 0.3) is 39.3 Å². The van der Waals surface area contributed by atoms with Gasteiger partial charge in [0, 0.05) is 46.2 Å². The second-order valence-electron chi connectivity index (χ2n) is 8.17. The smallest absolute Gasteiger partial charge is 0.176 e. The minimum Gasteiger partial charge on any atom is -0.357 e. The molecule has 0 unspecified atom stereocenters. The van der Waals surface area contributed by atoms with Crippen molar-refractivity contribution in [3.63, 3.8) is 0 Å². The van der Waals surface area contributed by atoms with Crippen LogP contribution in [0.4, 0.5) is 4.39 Å². The molecule has 0 saturated carbocycles. The van der Waals surface area contributed by atoms with Gasteiger partial charge in [-0.05, 0) is 55.4 Å². The molecule has 0 fully saturated rings. The van der Waals surface area contributed by atoms with Crippen LogP contribution in [-0.2, 0) is 6.54 Å². The molecule has 0 radical (unpaired) electrons. The van der Waals surface area contributed by atoms with Crippen molar-refractivity contribution in [2.24, 2.45) is 0 Å². The van der Waals surface area contributed by atoms with Crippen molar-refractivity contribution in [2.45, 2.75) is 20.4 Å². The molecule has 0 atom stereocenters. The molecule has 35 heavy (non-hydrogen) atoms. The lowest BCUT2D eigenvalue weighted by atomic mass is 10.0. The van der Waals surface area contributed by atoms with E-state index in [0.29, 0.717) is 0 Å². The summed E-state index contributed by atoms with van der Waals surface area (Å²) in [5, 5.41) is 10.7. The summed E-state index contributed by atoms with van der Waals surface area (Å²) in [5.41, 5.74) is 8.89. The summed E-state index contributed by atoms with van der Waals surface area (Å²) in [7, 11) is 0. The average molecular weight is 485 g/mol. The first-order chi connectivity index (χ1) is 17.1. The molecule has 0 amide bonds. The van der Waals surface area contributed by atoms with Crippen LogP contribution in [0.2, 0.25) is 0 Å². The van der Waals surface area contributed by atoms with E-state index in [1.165, 1.54) is 6.07 Å². The standard InChI is InChI=1S/C27H25FN6S/c1-4-6-19(24-9-10-25(28)35-24)20-12-23(31-16(20)3)27-26-22(33-34-27)8-7-21(32-26)18-11-17(13-29-5-2)14-30-15-18/h4,6-12,14-15,29,31H,1,5,13H2,2-3H3,(H,33,34)/b19-6+. The molecule has 5 heterocycles. The molecule has 8 heteroatoms. The van der Waals surface area contributed by atoms with Gasteiger partial charge in [0.25, 0.3) is 0 Å². The number of hydrogen-bond acceptors (Lipinski definition) is 5. The number of H-pyrrole nitrogens is 2. The minimum atomic E-state index is -0.220. The zero-order chi connectivity index (χ0) is 24.4. The van der Waals surface area contributed by atoms with E-state index in [1.807, 2.05) is 43.6 Å². The van der Waals surface area contributed by atoms with Gasteiger partial charge in [0.1, 0.15) is 11.2 Å². The Morgan fingerprint density at radius 2 is 2.09 bits per heavy atom. The van der Waals surface area contributed by atoms with Crippen molar-refractivity contribution < 1.29 is 4.39 Å². The van der Waals surface area contributed by atoms with Crippen molar-refractivity contribution in [2.75, 3.05) is 6.54 Å². The Hall–Kier alpha value is -3.88. The SMILES string of the molecule is C=C/C=C(/c1ccc(F)s1)c1cc(-c2n[nH]c3ccc(-c4cncc(CNCC)c4)nc23)[nH]c1C. The molecule has 5 aromatic heterocycles. The molecule has 5 rings (SSSR count). The monoisotopic (exact) mass is 484 g/mol. The number of thiophene rings is 1. The third-order valence-corrected chi connectivity index (χ3v) is 6.67. The fourth-order valence-electron chi connectivity index (χ4n) is 4.09. The third kappa shape index (κ3) is 4.58. The Kier molecular flexibility index (Phi) is 6.39. The van der Waals surface area contributed by atoms with E-state index < -0.39 is 0 Å². The summed E-state index contributed by atoms with van der Waals surface area (Å²) >= 11 is 1.11. The van der Waals surface area contributed by atoms with Crippen LogP contribution in [0, 0.1) is 12.1 Å². The number of aromatic nitrogens is 5. The van der Waals surface area contributed by atoms with Gasteiger partial charge in [-0.3, -0.25) is 10.1 Å². The van der Waals surface area contributed by atoms with Gasteiger partial charge in [-0.2, -0.15) is 9.49 Å². The number of nitrogens with zero attached hydrogens (tertiary/aromatic N) is 3. The first kappa shape index (κ1) is 22.9. The van der Waals surface area contributed by atoms with Crippen LogP contribution in [-0.4, -0.2) is 31.7 Å². The summed E-state index contributed by atoms with van der Waals surface area (Å²) in [5.74, 6) is 0. The second kappa shape index (κ2) is 9.77. The summed E-state index contributed by atoms with van der Waals surface area (Å²) < 4.78 is 13.7. The lowest BCUT2D eigenvalue weighted by Crippen LogP contribution is -2.11. The molecule has 0 aliphatic heterocycles. The summed E-state index contributed by atoms with van der Waals surface area (Å²) in [4.78, 5) is 13.6.